The van der Waals surface area contributed by atoms with Gasteiger partial charge in [0.2, 0.25) is 5.91 Å². The van der Waals surface area contributed by atoms with E-state index in [0.717, 1.165) is 44.9 Å². The van der Waals surface area contributed by atoms with E-state index in [9.17, 15) is 28.0 Å². The van der Waals surface area contributed by atoms with Crippen molar-refractivity contribution in [3.8, 4) is 0 Å². The predicted molar refractivity (Wildman–Crippen MR) is 181 cm³/mol. The SMILES string of the molecule is CCCCCCCCCC/C=C/CC/C=C/CC/C=C/C(O)C(CS(=O)(=O)O)NC(=O)C(O)CCCCCCCCCC. The van der Waals surface area contributed by atoms with E-state index in [1.807, 2.05) is 0 Å². The van der Waals surface area contributed by atoms with Gasteiger partial charge in [0.15, 0.2) is 0 Å². The molecule has 1 amide bonds. The van der Waals surface area contributed by atoms with Gasteiger partial charge in [-0.1, -0.05) is 147 Å². The highest BCUT2D eigenvalue weighted by atomic mass is 32.2. The van der Waals surface area contributed by atoms with Gasteiger partial charge < -0.3 is 15.5 Å². The first-order valence-electron chi connectivity index (χ1n) is 17.3. The smallest absolute Gasteiger partial charge is 0.267 e. The highest BCUT2D eigenvalue weighted by molar-refractivity contribution is 7.85. The van der Waals surface area contributed by atoms with E-state index in [0.29, 0.717) is 12.8 Å². The molecule has 0 aliphatic rings. The van der Waals surface area contributed by atoms with Gasteiger partial charge in [-0.25, -0.2) is 0 Å². The Kier molecular flexibility index (Phi) is 28.2. The number of hydrogen-bond acceptors (Lipinski definition) is 5. The van der Waals surface area contributed by atoms with E-state index in [4.69, 9.17) is 0 Å². The van der Waals surface area contributed by atoms with Crippen LogP contribution in [0.2, 0.25) is 0 Å². The zero-order valence-corrected chi connectivity index (χ0v) is 28.3. The Bertz CT molecular complexity index is 839. The lowest BCUT2D eigenvalue weighted by Crippen LogP contribution is -2.50. The molecule has 0 aromatic heterocycles. The number of allylic oxidation sites excluding steroid dienone is 5. The lowest BCUT2D eigenvalue weighted by atomic mass is 10.0. The minimum absolute atomic E-state index is 0.271. The molecule has 0 fully saturated rings. The van der Waals surface area contributed by atoms with Crippen LogP contribution in [0, 0.1) is 0 Å². The standard InChI is InChI=1S/C35H65NO6S/c1-3-5-7-9-11-13-14-15-16-17-18-19-20-21-22-24-25-27-29-33(37)32(31-43(40,41)42)36-35(39)34(38)30-28-26-23-12-10-8-6-4-2/h17-18,21-22,27,29,32-34,37-38H,3-16,19-20,23-26,28,30-31H2,1-2H3,(H,36,39)(H,40,41,42)/b18-17+,22-21+,29-27+. The molecule has 0 aromatic rings. The van der Waals surface area contributed by atoms with Crippen LogP contribution in [-0.2, 0) is 14.9 Å². The summed E-state index contributed by atoms with van der Waals surface area (Å²) in [5.41, 5.74) is 0. The van der Waals surface area contributed by atoms with Crippen LogP contribution in [0.25, 0.3) is 0 Å². The number of aliphatic hydroxyl groups is 2. The molecule has 0 saturated carbocycles. The van der Waals surface area contributed by atoms with E-state index >= 15 is 0 Å². The van der Waals surface area contributed by atoms with Crippen LogP contribution in [0.1, 0.15) is 155 Å². The quantitative estimate of drug-likeness (QED) is 0.0360. The van der Waals surface area contributed by atoms with Crippen molar-refractivity contribution in [2.75, 3.05) is 5.75 Å². The molecular weight excluding hydrogens is 562 g/mol. The lowest BCUT2D eigenvalue weighted by Gasteiger charge is -2.22. The van der Waals surface area contributed by atoms with Gasteiger partial charge in [0.25, 0.3) is 10.1 Å². The number of unbranched alkanes of at least 4 members (excludes halogenated alkanes) is 17. The summed E-state index contributed by atoms with van der Waals surface area (Å²) in [5.74, 6) is -1.57. The number of carbonyl (C=O) groups is 1. The second kappa shape index (κ2) is 29.2. The lowest BCUT2D eigenvalue weighted by molar-refractivity contribution is -0.130. The number of carbonyl (C=O) groups excluding carboxylic acids is 1. The molecule has 0 aliphatic heterocycles. The summed E-state index contributed by atoms with van der Waals surface area (Å²) in [6.07, 6.45) is 33.6. The van der Waals surface area contributed by atoms with Gasteiger partial charge in [-0.15, -0.1) is 0 Å². The van der Waals surface area contributed by atoms with Crippen LogP contribution in [0.15, 0.2) is 36.5 Å². The van der Waals surface area contributed by atoms with Crippen LogP contribution in [-0.4, -0.2) is 53.1 Å². The highest BCUT2D eigenvalue weighted by Crippen LogP contribution is 2.12. The molecule has 0 aromatic carbocycles. The van der Waals surface area contributed by atoms with E-state index in [1.165, 1.54) is 83.1 Å². The van der Waals surface area contributed by atoms with Crippen molar-refractivity contribution in [3.05, 3.63) is 36.5 Å². The molecule has 0 aliphatic carbocycles. The van der Waals surface area contributed by atoms with E-state index in [2.05, 4.69) is 43.5 Å². The molecule has 8 heteroatoms. The number of amides is 1. The van der Waals surface area contributed by atoms with E-state index < -0.39 is 40.0 Å². The van der Waals surface area contributed by atoms with E-state index in [1.54, 1.807) is 6.08 Å². The van der Waals surface area contributed by atoms with Gasteiger partial charge in [-0.3, -0.25) is 9.35 Å². The Morgan fingerprint density at radius 3 is 1.53 bits per heavy atom. The van der Waals surface area contributed by atoms with Crippen molar-refractivity contribution in [3.63, 3.8) is 0 Å². The number of rotatable bonds is 30. The summed E-state index contributed by atoms with van der Waals surface area (Å²) < 4.78 is 32.2. The maximum atomic E-state index is 12.4. The fourth-order valence-corrected chi connectivity index (χ4v) is 5.69. The molecule has 252 valence electrons. The molecule has 7 nitrogen and oxygen atoms in total. The van der Waals surface area contributed by atoms with Gasteiger partial charge in [-0.05, 0) is 44.9 Å². The van der Waals surface area contributed by atoms with Gasteiger partial charge in [0.05, 0.1) is 17.9 Å². The van der Waals surface area contributed by atoms with Crippen LogP contribution >= 0.6 is 0 Å². The Morgan fingerprint density at radius 1 is 0.628 bits per heavy atom. The molecule has 0 heterocycles. The average Bonchev–Trinajstić information content (AvgIpc) is 2.96. The van der Waals surface area contributed by atoms with Gasteiger partial charge in [0.1, 0.15) is 6.10 Å². The zero-order chi connectivity index (χ0) is 32.0. The summed E-state index contributed by atoms with van der Waals surface area (Å²) in [7, 11) is -4.44. The molecule has 4 N–H and O–H groups in total. The number of hydrogen-bond donors (Lipinski definition) is 4. The first-order chi connectivity index (χ1) is 20.7. The summed E-state index contributed by atoms with van der Waals surface area (Å²) in [6, 6.07) is -1.25. The Hall–Kier alpha value is -1.48. The third-order valence-corrected chi connectivity index (χ3v) is 8.44. The fraction of sp³-hybridized carbons (Fsp3) is 0.800. The maximum Gasteiger partial charge on any atom is 0.267 e. The van der Waals surface area contributed by atoms with Gasteiger partial charge >= 0.3 is 0 Å². The fourth-order valence-electron chi connectivity index (χ4n) is 4.96. The molecule has 0 bridgehead atoms. The third kappa shape index (κ3) is 29.0. The van der Waals surface area contributed by atoms with Crippen molar-refractivity contribution in [2.24, 2.45) is 0 Å². The summed E-state index contributed by atoms with van der Waals surface area (Å²) in [5, 5.41) is 23.1. The molecule has 0 rings (SSSR count). The van der Waals surface area contributed by atoms with Crippen molar-refractivity contribution >= 4 is 16.0 Å². The minimum atomic E-state index is -4.44. The van der Waals surface area contributed by atoms with Crippen LogP contribution < -0.4 is 5.32 Å². The molecule has 3 unspecified atom stereocenters. The van der Waals surface area contributed by atoms with E-state index in [-0.39, 0.29) is 6.42 Å². The predicted octanol–water partition coefficient (Wildman–Crippen LogP) is 8.37. The number of aliphatic hydroxyl groups excluding tert-OH is 2. The van der Waals surface area contributed by atoms with Crippen molar-refractivity contribution in [1.29, 1.82) is 0 Å². The average molecular weight is 628 g/mol. The normalized spacial score (nSPS) is 14.6. The molecule has 0 saturated heterocycles. The van der Waals surface area contributed by atoms with Crippen LogP contribution in [0.5, 0.6) is 0 Å². The second-order valence-electron chi connectivity index (χ2n) is 11.9. The molecule has 3 atom stereocenters. The first-order valence-corrected chi connectivity index (χ1v) is 18.9. The van der Waals surface area contributed by atoms with Gasteiger partial charge in [0, 0.05) is 0 Å². The Labute approximate surface area is 264 Å². The second-order valence-corrected chi connectivity index (χ2v) is 13.4. The Morgan fingerprint density at radius 2 is 1.05 bits per heavy atom. The Balaban J connectivity index is 4.22. The monoisotopic (exact) mass is 627 g/mol. The summed E-state index contributed by atoms with van der Waals surface area (Å²) in [6.45, 7) is 4.43. The summed E-state index contributed by atoms with van der Waals surface area (Å²) in [4.78, 5) is 12.4. The number of nitrogens with one attached hydrogen (secondary N) is 1. The molecule has 0 spiro atoms. The largest absolute Gasteiger partial charge is 0.387 e. The zero-order valence-electron chi connectivity index (χ0n) is 27.4. The van der Waals surface area contributed by atoms with Crippen molar-refractivity contribution < 1.29 is 28.0 Å². The van der Waals surface area contributed by atoms with Gasteiger partial charge in [-0.2, -0.15) is 8.42 Å². The highest BCUT2D eigenvalue weighted by Gasteiger charge is 2.27. The summed E-state index contributed by atoms with van der Waals surface area (Å²) >= 11 is 0. The minimum Gasteiger partial charge on any atom is -0.387 e. The maximum absolute atomic E-state index is 12.4. The van der Waals surface area contributed by atoms with Crippen molar-refractivity contribution in [1.82, 2.24) is 5.32 Å². The third-order valence-electron chi connectivity index (χ3n) is 7.65. The first kappa shape index (κ1) is 41.5. The molecule has 43 heavy (non-hydrogen) atoms. The molecular formula is C35H65NO6S. The molecule has 0 radical (unpaired) electrons. The van der Waals surface area contributed by atoms with Crippen LogP contribution in [0.3, 0.4) is 0 Å². The van der Waals surface area contributed by atoms with Crippen LogP contribution in [0.4, 0.5) is 0 Å². The van der Waals surface area contributed by atoms with Crippen molar-refractivity contribution in [2.45, 2.75) is 173 Å². The topological polar surface area (TPSA) is 124 Å².